The maximum atomic E-state index is 12.5. The zero-order valence-corrected chi connectivity index (χ0v) is 12.9. The van der Waals surface area contributed by atoms with Crippen molar-refractivity contribution in [2.45, 2.75) is 31.2 Å². The van der Waals surface area contributed by atoms with E-state index in [-0.39, 0.29) is 18.9 Å². The fraction of sp³-hybridized carbons (Fsp3) is 0.412. The molecular weight excluding hydrogens is 298 g/mol. The molecule has 6 nitrogen and oxygen atoms in total. The Morgan fingerprint density at radius 3 is 2.78 bits per heavy atom. The van der Waals surface area contributed by atoms with Crippen LogP contribution >= 0.6 is 0 Å². The molecule has 2 N–H and O–H groups in total. The Labute approximate surface area is 134 Å². The molecule has 1 amide bonds. The first-order chi connectivity index (χ1) is 11.0. The summed E-state index contributed by atoms with van der Waals surface area (Å²) in [5, 5.41) is 11.9. The number of carboxylic acid groups (broad SMARTS) is 1. The Hall–Kier alpha value is -2.50. The Morgan fingerprint density at radius 2 is 2.17 bits per heavy atom. The molecule has 0 radical (unpaired) electrons. The number of hydrogen-bond donors (Lipinski definition) is 2. The molecule has 0 atom stereocenters. The molecule has 1 fully saturated rings. The standard InChI is InChI=1S/C17H19NO5/c1-22-13-5-2-4-11-8-12(10-23-15(11)13)16(21)18-17(6-3-7-17)9-14(19)20/h2,4-5,8H,3,6-7,9-10H2,1H3,(H,18,21)(H,19,20). The number of carbonyl (C=O) groups excluding carboxylic acids is 1. The lowest BCUT2D eigenvalue weighted by Gasteiger charge is -2.41. The Morgan fingerprint density at radius 1 is 1.39 bits per heavy atom. The lowest BCUT2D eigenvalue weighted by atomic mass is 9.74. The molecule has 0 bridgehead atoms. The largest absolute Gasteiger partial charge is 0.493 e. The summed E-state index contributed by atoms with van der Waals surface area (Å²) >= 11 is 0. The van der Waals surface area contributed by atoms with Gasteiger partial charge in [-0.3, -0.25) is 9.59 Å². The molecule has 1 aliphatic carbocycles. The summed E-state index contributed by atoms with van der Waals surface area (Å²) in [6, 6.07) is 5.48. The second-order valence-electron chi connectivity index (χ2n) is 6.00. The minimum atomic E-state index is -0.894. The highest BCUT2D eigenvalue weighted by molar-refractivity contribution is 6.00. The number of benzene rings is 1. The topological polar surface area (TPSA) is 84.9 Å². The van der Waals surface area contributed by atoms with E-state index < -0.39 is 11.5 Å². The van der Waals surface area contributed by atoms with Crippen LogP contribution < -0.4 is 14.8 Å². The molecule has 1 heterocycles. The maximum absolute atomic E-state index is 12.5. The summed E-state index contributed by atoms with van der Waals surface area (Å²) in [5.74, 6) is 0.0865. The highest BCUT2D eigenvalue weighted by atomic mass is 16.5. The molecule has 1 aromatic carbocycles. The average Bonchev–Trinajstić information content (AvgIpc) is 2.51. The lowest BCUT2D eigenvalue weighted by molar-refractivity contribution is -0.140. The third-order valence-electron chi connectivity index (χ3n) is 4.40. The van der Waals surface area contributed by atoms with Crippen LogP contribution in [0.4, 0.5) is 0 Å². The van der Waals surface area contributed by atoms with Crippen molar-refractivity contribution in [1.29, 1.82) is 0 Å². The van der Waals surface area contributed by atoms with E-state index in [1.165, 1.54) is 0 Å². The summed E-state index contributed by atoms with van der Waals surface area (Å²) in [6.45, 7) is 0.141. The van der Waals surface area contributed by atoms with Crippen molar-refractivity contribution in [2.24, 2.45) is 0 Å². The summed E-state index contributed by atoms with van der Waals surface area (Å²) in [4.78, 5) is 23.5. The van der Waals surface area contributed by atoms with E-state index in [9.17, 15) is 9.59 Å². The Kier molecular flexibility index (Phi) is 3.98. The molecule has 0 saturated heterocycles. The van der Waals surface area contributed by atoms with Crippen LogP contribution in [0.5, 0.6) is 11.5 Å². The number of hydrogen-bond acceptors (Lipinski definition) is 4. The molecular formula is C17H19NO5. The van der Waals surface area contributed by atoms with Crippen LogP contribution in [-0.4, -0.2) is 36.2 Å². The number of ether oxygens (including phenoxy) is 2. The van der Waals surface area contributed by atoms with Gasteiger partial charge in [-0.1, -0.05) is 12.1 Å². The van der Waals surface area contributed by atoms with Crippen molar-refractivity contribution in [1.82, 2.24) is 5.32 Å². The monoisotopic (exact) mass is 317 g/mol. The molecule has 1 aliphatic heterocycles. The minimum Gasteiger partial charge on any atom is -0.493 e. The van der Waals surface area contributed by atoms with E-state index in [0.717, 1.165) is 12.0 Å². The van der Waals surface area contributed by atoms with E-state index in [4.69, 9.17) is 14.6 Å². The van der Waals surface area contributed by atoms with Crippen LogP contribution in [0.3, 0.4) is 0 Å². The summed E-state index contributed by atoms with van der Waals surface area (Å²) in [5.41, 5.74) is 0.655. The van der Waals surface area contributed by atoms with E-state index in [0.29, 0.717) is 29.9 Å². The number of amides is 1. The summed E-state index contributed by atoms with van der Waals surface area (Å²) in [6.07, 6.45) is 4.05. The van der Waals surface area contributed by atoms with Crippen LogP contribution in [0.25, 0.3) is 6.08 Å². The molecule has 2 aliphatic rings. The van der Waals surface area contributed by atoms with Gasteiger partial charge in [0.15, 0.2) is 11.5 Å². The molecule has 0 unspecified atom stereocenters. The Balaban J connectivity index is 1.78. The number of aliphatic carboxylic acids is 1. The molecule has 122 valence electrons. The second kappa shape index (κ2) is 5.95. The van der Waals surface area contributed by atoms with Crippen molar-refractivity contribution >= 4 is 18.0 Å². The van der Waals surface area contributed by atoms with Crippen molar-refractivity contribution in [3.8, 4) is 11.5 Å². The van der Waals surface area contributed by atoms with Gasteiger partial charge in [0.1, 0.15) is 6.61 Å². The van der Waals surface area contributed by atoms with Gasteiger partial charge in [-0.25, -0.2) is 0 Å². The SMILES string of the molecule is COc1cccc2c1OCC(C(=O)NC1(CC(=O)O)CCC1)=C2. The zero-order chi connectivity index (χ0) is 16.4. The molecule has 0 aromatic heterocycles. The van der Waals surface area contributed by atoms with Gasteiger partial charge >= 0.3 is 5.97 Å². The van der Waals surface area contributed by atoms with Gasteiger partial charge in [0.05, 0.1) is 24.6 Å². The lowest BCUT2D eigenvalue weighted by Crippen LogP contribution is -2.55. The Bertz CT molecular complexity index is 676. The van der Waals surface area contributed by atoms with Gasteiger partial charge in [0.25, 0.3) is 5.91 Å². The summed E-state index contributed by atoms with van der Waals surface area (Å²) in [7, 11) is 1.57. The molecule has 1 aromatic rings. The number of para-hydroxylation sites is 1. The maximum Gasteiger partial charge on any atom is 0.305 e. The van der Waals surface area contributed by atoms with Crippen LogP contribution in [0, 0.1) is 0 Å². The molecule has 6 heteroatoms. The predicted molar refractivity (Wildman–Crippen MR) is 83.4 cm³/mol. The van der Waals surface area contributed by atoms with Crippen LogP contribution in [0.2, 0.25) is 0 Å². The first-order valence-electron chi connectivity index (χ1n) is 7.58. The highest BCUT2D eigenvalue weighted by Crippen LogP contribution is 2.37. The third kappa shape index (κ3) is 3.02. The first-order valence-corrected chi connectivity index (χ1v) is 7.58. The smallest absolute Gasteiger partial charge is 0.305 e. The molecule has 3 rings (SSSR count). The van der Waals surface area contributed by atoms with Gasteiger partial charge in [-0.2, -0.15) is 0 Å². The van der Waals surface area contributed by atoms with E-state index in [1.807, 2.05) is 12.1 Å². The van der Waals surface area contributed by atoms with Crippen LogP contribution in [0.15, 0.2) is 23.8 Å². The molecule has 0 spiro atoms. The number of nitrogens with one attached hydrogen (secondary N) is 1. The fourth-order valence-corrected chi connectivity index (χ4v) is 3.03. The number of methoxy groups -OCH3 is 1. The first kappa shape index (κ1) is 15.4. The molecule has 1 saturated carbocycles. The minimum absolute atomic E-state index is 0.0444. The highest BCUT2D eigenvalue weighted by Gasteiger charge is 2.41. The zero-order valence-electron chi connectivity index (χ0n) is 12.9. The summed E-state index contributed by atoms with van der Waals surface area (Å²) < 4.78 is 10.9. The van der Waals surface area contributed by atoms with E-state index in [2.05, 4.69) is 5.32 Å². The van der Waals surface area contributed by atoms with Gasteiger partial charge in [0, 0.05) is 5.56 Å². The number of carbonyl (C=O) groups is 2. The van der Waals surface area contributed by atoms with Crippen molar-refractivity contribution in [2.75, 3.05) is 13.7 Å². The van der Waals surface area contributed by atoms with Gasteiger partial charge < -0.3 is 19.9 Å². The third-order valence-corrected chi connectivity index (χ3v) is 4.40. The van der Waals surface area contributed by atoms with Crippen LogP contribution in [0.1, 0.15) is 31.2 Å². The number of fused-ring (bicyclic) bond motifs is 1. The predicted octanol–water partition coefficient (Wildman–Crippen LogP) is 1.98. The van der Waals surface area contributed by atoms with E-state index in [1.54, 1.807) is 19.3 Å². The van der Waals surface area contributed by atoms with Crippen LogP contribution in [-0.2, 0) is 9.59 Å². The number of carboxylic acids is 1. The second-order valence-corrected chi connectivity index (χ2v) is 6.00. The van der Waals surface area contributed by atoms with Gasteiger partial charge in [-0.15, -0.1) is 0 Å². The fourth-order valence-electron chi connectivity index (χ4n) is 3.03. The van der Waals surface area contributed by atoms with Gasteiger partial charge in [-0.05, 0) is 31.4 Å². The average molecular weight is 317 g/mol. The van der Waals surface area contributed by atoms with Crippen molar-refractivity contribution in [3.05, 3.63) is 29.3 Å². The van der Waals surface area contributed by atoms with Gasteiger partial charge in [0.2, 0.25) is 0 Å². The normalized spacial score (nSPS) is 17.9. The van der Waals surface area contributed by atoms with Crippen molar-refractivity contribution in [3.63, 3.8) is 0 Å². The molecule has 23 heavy (non-hydrogen) atoms. The van der Waals surface area contributed by atoms with Crippen molar-refractivity contribution < 1.29 is 24.2 Å². The van der Waals surface area contributed by atoms with E-state index >= 15 is 0 Å². The quantitative estimate of drug-likeness (QED) is 0.867. The number of rotatable bonds is 5.